The first kappa shape index (κ1) is 14.8. The predicted octanol–water partition coefficient (Wildman–Crippen LogP) is 0.668. The monoisotopic (exact) mass is 324 g/mol. The van der Waals surface area contributed by atoms with Crippen LogP contribution in [0.15, 0.2) is 18.2 Å². The summed E-state index contributed by atoms with van der Waals surface area (Å²) in [5.74, 6) is -2.38. The van der Waals surface area contributed by atoms with E-state index in [0.717, 1.165) is 11.8 Å². The summed E-state index contributed by atoms with van der Waals surface area (Å²) in [6, 6.07) is 5.09. The Morgan fingerprint density at radius 2 is 2.05 bits per heavy atom. The third-order valence-electron chi connectivity index (χ3n) is 4.09. The molecular weight excluding hydrogens is 308 g/mol. The lowest BCUT2D eigenvalue weighted by molar-refractivity contribution is -0.139. The van der Waals surface area contributed by atoms with E-state index in [1.54, 1.807) is 18.2 Å². The molecule has 118 valence electrons. The molecular formula is C14H16N2O5S. The molecule has 1 aliphatic heterocycles. The zero-order chi connectivity index (χ0) is 16.1. The van der Waals surface area contributed by atoms with Crippen LogP contribution in [-0.2, 0) is 26.0 Å². The molecule has 1 saturated carbocycles. The molecule has 2 atom stereocenters. The minimum absolute atomic E-state index is 0.321. The van der Waals surface area contributed by atoms with Crippen LogP contribution in [0.25, 0.3) is 0 Å². The van der Waals surface area contributed by atoms with Gasteiger partial charge in [-0.15, -0.1) is 0 Å². The molecule has 1 aliphatic carbocycles. The maximum Gasteiger partial charge on any atom is 0.307 e. The summed E-state index contributed by atoms with van der Waals surface area (Å²) in [5.41, 5.74) is 1.91. The van der Waals surface area contributed by atoms with Crippen molar-refractivity contribution in [3.8, 4) is 0 Å². The molecule has 8 heteroatoms. The number of rotatable bonds is 4. The second-order valence-corrected chi connectivity index (χ2v) is 7.57. The van der Waals surface area contributed by atoms with Crippen LogP contribution in [0.1, 0.15) is 12.0 Å². The average Bonchev–Trinajstić information content (AvgIpc) is 3.10. The molecule has 3 rings (SSSR count). The molecule has 7 nitrogen and oxygen atoms in total. The first-order valence-electron chi connectivity index (χ1n) is 6.92. The van der Waals surface area contributed by atoms with Crippen molar-refractivity contribution < 1.29 is 23.1 Å². The fourth-order valence-electron chi connectivity index (χ4n) is 2.85. The Hall–Kier alpha value is -2.09. The van der Waals surface area contributed by atoms with Gasteiger partial charge in [-0.25, -0.2) is 8.42 Å². The largest absolute Gasteiger partial charge is 0.481 e. The number of anilines is 2. The maximum atomic E-state index is 12.1. The van der Waals surface area contributed by atoms with Gasteiger partial charge in [-0.3, -0.25) is 13.9 Å². The van der Waals surface area contributed by atoms with E-state index in [4.69, 9.17) is 5.11 Å². The lowest BCUT2D eigenvalue weighted by atomic mass is 10.1. The van der Waals surface area contributed by atoms with E-state index in [-0.39, 0.29) is 5.91 Å². The lowest BCUT2D eigenvalue weighted by Crippen LogP contribution is -2.27. The number of benzene rings is 1. The minimum Gasteiger partial charge on any atom is -0.481 e. The number of hydrogen-bond donors (Lipinski definition) is 2. The molecule has 1 aromatic rings. The highest BCUT2D eigenvalue weighted by Crippen LogP contribution is 2.41. The SMILES string of the molecule is CS(=O)(=O)N1CCc2c(NC(=O)[C@H]3C[C@H]3C(=O)O)cccc21. The number of aliphatic carboxylic acids is 1. The predicted molar refractivity (Wildman–Crippen MR) is 80.2 cm³/mol. The van der Waals surface area contributed by atoms with Crippen LogP contribution in [0, 0.1) is 11.8 Å². The molecule has 0 saturated heterocycles. The normalized spacial score (nSPS) is 23.0. The van der Waals surface area contributed by atoms with Crippen molar-refractivity contribution in [1.82, 2.24) is 0 Å². The van der Waals surface area contributed by atoms with Crippen LogP contribution >= 0.6 is 0 Å². The van der Waals surface area contributed by atoms with Crippen LogP contribution in [0.4, 0.5) is 11.4 Å². The van der Waals surface area contributed by atoms with E-state index >= 15 is 0 Å². The van der Waals surface area contributed by atoms with E-state index < -0.39 is 27.8 Å². The molecule has 0 unspecified atom stereocenters. The van der Waals surface area contributed by atoms with Gasteiger partial charge in [0.1, 0.15) is 0 Å². The summed E-state index contributed by atoms with van der Waals surface area (Å²) in [6.07, 6.45) is 2.02. The van der Waals surface area contributed by atoms with Gasteiger partial charge in [0.05, 0.1) is 23.8 Å². The van der Waals surface area contributed by atoms with Crippen molar-refractivity contribution in [2.75, 3.05) is 22.4 Å². The van der Waals surface area contributed by atoms with Gasteiger partial charge in [-0.2, -0.15) is 0 Å². The summed E-state index contributed by atoms with van der Waals surface area (Å²) >= 11 is 0. The van der Waals surface area contributed by atoms with Gasteiger partial charge in [0.15, 0.2) is 0 Å². The molecule has 0 spiro atoms. The second kappa shape index (κ2) is 4.98. The van der Waals surface area contributed by atoms with Gasteiger partial charge in [0.25, 0.3) is 0 Å². The number of fused-ring (bicyclic) bond motifs is 1. The van der Waals surface area contributed by atoms with E-state index in [9.17, 15) is 18.0 Å². The quantitative estimate of drug-likeness (QED) is 0.847. The Balaban J connectivity index is 1.81. The summed E-state index contributed by atoms with van der Waals surface area (Å²) in [5, 5.41) is 11.6. The van der Waals surface area contributed by atoms with Gasteiger partial charge in [-0.05, 0) is 25.0 Å². The highest BCUT2D eigenvalue weighted by molar-refractivity contribution is 7.92. The van der Waals surface area contributed by atoms with Gasteiger partial charge in [-0.1, -0.05) is 6.07 Å². The van der Waals surface area contributed by atoms with Crippen molar-refractivity contribution in [1.29, 1.82) is 0 Å². The molecule has 0 bridgehead atoms. The van der Waals surface area contributed by atoms with Crippen molar-refractivity contribution in [3.05, 3.63) is 23.8 Å². The summed E-state index contributed by atoms with van der Waals surface area (Å²) in [6.45, 7) is 0.349. The fourth-order valence-corrected chi connectivity index (χ4v) is 3.80. The Labute approximate surface area is 128 Å². The molecule has 2 N–H and O–H groups in total. The lowest BCUT2D eigenvalue weighted by Gasteiger charge is -2.17. The average molecular weight is 324 g/mol. The van der Waals surface area contributed by atoms with Crippen LogP contribution in [0.5, 0.6) is 0 Å². The standard InChI is InChI=1S/C14H16N2O5S/c1-22(20,21)16-6-5-8-11(3-2-4-12(8)16)15-13(17)9-7-10(9)14(18)19/h2-4,9-10H,5-7H2,1H3,(H,15,17)(H,18,19)/t9-,10+/m0/s1. The molecule has 0 radical (unpaired) electrons. The van der Waals surface area contributed by atoms with Gasteiger partial charge < -0.3 is 10.4 Å². The summed E-state index contributed by atoms with van der Waals surface area (Å²) in [7, 11) is -3.34. The summed E-state index contributed by atoms with van der Waals surface area (Å²) in [4.78, 5) is 22.9. The Morgan fingerprint density at radius 1 is 1.32 bits per heavy atom. The van der Waals surface area contributed by atoms with Crippen molar-refractivity contribution >= 4 is 33.3 Å². The van der Waals surface area contributed by atoms with E-state index in [1.807, 2.05) is 0 Å². The number of amides is 1. The third kappa shape index (κ3) is 2.54. The number of nitrogens with zero attached hydrogens (tertiary/aromatic N) is 1. The molecule has 1 heterocycles. The Bertz CT molecular complexity index is 758. The van der Waals surface area contributed by atoms with Crippen molar-refractivity contribution in [2.24, 2.45) is 11.8 Å². The topological polar surface area (TPSA) is 104 Å². The number of nitrogens with one attached hydrogen (secondary N) is 1. The number of hydrogen-bond acceptors (Lipinski definition) is 4. The number of carbonyl (C=O) groups excluding carboxylic acids is 1. The first-order valence-corrected chi connectivity index (χ1v) is 8.77. The van der Waals surface area contributed by atoms with Gasteiger partial charge in [0, 0.05) is 17.8 Å². The fraction of sp³-hybridized carbons (Fsp3) is 0.429. The zero-order valence-corrected chi connectivity index (χ0v) is 12.8. The maximum absolute atomic E-state index is 12.1. The number of carbonyl (C=O) groups is 2. The minimum atomic E-state index is -3.34. The first-order chi connectivity index (χ1) is 10.3. The molecule has 0 aromatic heterocycles. The van der Waals surface area contributed by atoms with Gasteiger partial charge in [0.2, 0.25) is 15.9 Å². The van der Waals surface area contributed by atoms with E-state index in [2.05, 4.69) is 5.32 Å². The van der Waals surface area contributed by atoms with Gasteiger partial charge >= 0.3 is 5.97 Å². The third-order valence-corrected chi connectivity index (χ3v) is 5.27. The van der Waals surface area contributed by atoms with Crippen molar-refractivity contribution in [2.45, 2.75) is 12.8 Å². The molecule has 22 heavy (non-hydrogen) atoms. The Kier molecular flexibility index (Phi) is 3.36. The van der Waals surface area contributed by atoms with E-state index in [1.165, 1.54) is 4.31 Å². The number of sulfonamides is 1. The highest BCUT2D eigenvalue weighted by atomic mass is 32.2. The molecule has 1 aromatic carbocycles. The summed E-state index contributed by atoms with van der Waals surface area (Å²) < 4.78 is 24.8. The van der Waals surface area contributed by atoms with Crippen LogP contribution in [-0.4, -0.2) is 38.2 Å². The number of carboxylic acids is 1. The molecule has 2 aliphatic rings. The molecule has 1 amide bonds. The Morgan fingerprint density at radius 3 is 2.64 bits per heavy atom. The molecule has 1 fully saturated rings. The second-order valence-electron chi connectivity index (χ2n) is 5.66. The van der Waals surface area contributed by atoms with Crippen LogP contribution in [0.2, 0.25) is 0 Å². The zero-order valence-electron chi connectivity index (χ0n) is 11.9. The van der Waals surface area contributed by atoms with Crippen LogP contribution in [0.3, 0.4) is 0 Å². The van der Waals surface area contributed by atoms with Crippen molar-refractivity contribution in [3.63, 3.8) is 0 Å². The highest BCUT2D eigenvalue weighted by Gasteiger charge is 2.48. The van der Waals surface area contributed by atoms with E-state index in [0.29, 0.717) is 30.8 Å². The van der Waals surface area contributed by atoms with Crippen LogP contribution < -0.4 is 9.62 Å². The smallest absolute Gasteiger partial charge is 0.307 e. The number of carboxylic acid groups (broad SMARTS) is 1.